The van der Waals surface area contributed by atoms with E-state index in [9.17, 15) is 4.79 Å². The zero-order valence-electron chi connectivity index (χ0n) is 14.4. The zero-order valence-corrected chi connectivity index (χ0v) is 14.4. The molecule has 1 fully saturated rings. The van der Waals surface area contributed by atoms with Crippen LogP contribution in [0.25, 0.3) is 0 Å². The van der Waals surface area contributed by atoms with E-state index in [1.165, 1.54) is 12.8 Å². The molecule has 0 unspecified atom stereocenters. The third-order valence-corrected chi connectivity index (χ3v) is 5.35. The molecule has 1 heterocycles. The highest BCUT2D eigenvalue weighted by molar-refractivity contribution is 5.76. The van der Waals surface area contributed by atoms with Gasteiger partial charge in [0.05, 0.1) is 13.0 Å². The summed E-state index contributed by atoms with van der Waals surface area (Å²) in [5, 5.41) is 3.75. The molecule has 1 aliphatic heterocycles. The molecular weight excluding hydrogens is 276 g/mol. The summed E-state index contributed by atoms with van der Waals surface area (Å²) in [5.74, 6) is 1.71. The fraction of sp³-hybridized carbons (Fsp3) is 0.833. The standard InChI is InChI=1S/C18H32N2O2/c1-14-5-4-6-15(2)17(14)13-19-16-7-10-20(11-8-16)18(21)9-12-22-3/h5,15-17,19H,4,6-13H2,1-3H3/t15-,17+/m1/s1. The molecule has 22 heavy (non-hydrogen) atoms. The van der Waals surface area contributed by atoms with Crippen molar-refractivity contribution in [2.45, 2.75) is 52.0 Å². The summed E-state index contributed by atoms with van der Waals surface area (Å²) < 4.78 is 4.99. The van der Waals surface area contributed by atoms with Gasteiger partial charge in [-0.1, -0.05) is 18.6 Å². The third kappa shape index (κ3) is 4.82. The van der Waals surface area contributed by atoms with E-state index >= 15 is 0 Å². The van der Waals surface area contributed by atoms with Gasteiger partial charge in [-0.25, -0.2) is 0 Å². The molecule has 1 amide bonds. The molecule has 0 aromatic heterocycles. The number of carbonyl (C=O) groups is 1. The van der Waals surface area contributed by atoms with Gasteiger partial charge in [-0.05, 0) is 44.4 Å². The molecule has 0 spiro atoms. The second kappa shape index (κ2) is 8.68. The summed E-state index contributed by atoms with van der Waals surface area (Å²) >= 11 is 0. The van der Waals surface area contributed by atoms with Gasteiger partial charge in [0.2, 0.25) is 5.91 Å². The van der Waals surface area contributed by atoms with E-state index in [-0.39, 0.29) is 5.91 Å². The lowest BCUT2D eigenvalue weighted by atomic mass is 9.80. The van der Waals surface area contributed by atoms with E-state index in [0.29, 0.717) is 25.0 Å². The molecule has 0 aromatic carbocycles. The third-order valence-electron chi connectivity index (χ3n) is 5.35. The molecule has 126 valence electrons. The lowest BCUT2D eigenvalue weighted by Gasteiger charge is -2.35. The highest BCUT2D eigenvalue weighted by atomic mass is 16.5. The Hall–Kier alpha value is -0.870. The fourth-order valence-corrected chi connectivity index (χ4v) is 3.71. The summed E-state index contributed by atoms with van der Waals surface area (Å²) in [6.07, 6.45) is 7.62. The number of likely N-dealkylation sites (tertiary alicyclic amines) is 1. The maximum Gasteiger partial charge on any atom is 0.224 e. The number of allylic oxidation sites excluding steroid dienone is 1. The van der Waals surface area contributed by atoms with E-state index in [2.05, 4.69) is 25.2 Å². The molecule has 4 nitrogen and oxygen atoms in total. The van der Waals surface area contributed by atoms with Crippen LogP contribution in [0.4, 0.5) is 0 Å². The van der Waals surface area contributed by atoms with Crippen LogP contribution < -0.4 is 5.32 Å². The van der Waals surface area contributed by atoms with Crippen LogP contribution in [-0.4, -0.2) is 50.2 Å². The summed E-state index contributed by atoms with van der Waals surface area (Å²) in [4.78, 5) is 14.0. The second-order valence-electron chi connectivity index (χ2n) is 6.92. The van der Waals surface area contributed by atoms with Crippen LogP contribution in [0.1, 0.15) is 46.0 Å². The van der Waals surface area contributed by atoms with Gasteiger partial charge in [-0.15, -0.1) is 0 Å². The van der Waals surface area contributed by atoms with Gasteiger partial charge in [0.1, 0.15) is 0 Å². The van der Waals surface area contributed by atoms with Crippen LogP contribution in [0.15, 0.2) is 11.6 Å². The Labute approximate surface area is 135 Å². The SMILES string of the molecule is COCCC(=O)N1CCC(NC[C@H]2C(C)=CCC[C@H]2C)CC1. The van der Waals surface area contributed by atoms with Crippen molar-refractivity contribution in [2.75, 3.05) is 33.4 Å². The normalized spacial score (nSPS) is 26.9. The molecular formula is C18H32N2O2. The van der Waals surface area contributed by atoms with Crippen molar-refractivity contribution >= 4 is 5.91 Å². The van der Waals surface area contributed by atoms with Crippen molar-refractivity contribution in [1.82, 2.24) is 10.2 Å². The molecule has 2 rings (SSSR count). The number of ether oxygens (including phenoxy) is 1. The van der Waals surface area contributed by atoms with E-state index in [1.807, 2.05) is 4.90 Å². The summed E-state index contributed by atoms with van der Waals surface area (Å²) in [6.45, 7) is 8.04. The molecule has 1 N–H and O–H groups in total. The predicted molar refractivity (Wildman–Crippen MR) is 89.7 cm³/mol. The largest absolute Gasteiger partial charge is 0.384 e. The van der Waals surface area contributed by atoms with Gasteiger partial charge in [-0.3, -0.25) is 4.79 Å². The summed E-state index contributed by atoms with van der Waals surface area (Å²) in [6, 6.07) is 0.563. The summed E-state index contributed by atoms with van der Waals surface area (Å²) in [5.41, 5.74) is 1.55. The van der Waals surface area contributed by atoms with Crippen molar-refractivity contribution in [3.8, 4) is 0 Å². The molecule has 2 aliphatic rings. The Morgan fingerprint density at radius 1 is 1.36 bits per heavy atom. The topological polar surface area (TPSA) is 41.6 Å². The average molecular weight is 308 g/mol. The molecule has 1 aliphatic carbocycles. The maximum absolute atomic E-state index is 12.0. The Balaban J connectivity index is 1.70. The van der Waals surface area contributed by atoms with Gasteiger partial charge < -0.3 is 15.0 Å². The van der Waals surface area contributed by atoms with Crippen molar-refractivity contribution < 1.29 is 9.53 Å². The number of nitrogens with one attached hydrogen (secondary N) is 1. The van der Waals surface area contributed by atoms with Gasteiger partial charge in [0.25, 0.3) is 0 Å². The molecule has 0 saturated carbocycles. The number of hydrogen-bond acceptors (Lipinski definition) is 3. The van der Waals surface area contributed by atoms with Crippen LogP contribution >= 0.6 is 0 Å². The van der Waals surface area contributed by atoms with Crippen LogP contribution in [0, 0.1) is 11.8 Å². The first-order valence-corrected chi connectivity index (χ1v) is 8.78. The van der Waals surface area contributed by atoms with Crippen LogP contribution in [0.3, 0.4) is 0 Å². The minimum atomic E-state index is 0.236. The van der Waals surface area contributed by atoms with Crippen LogP contribution in [0.2, 0.25) is 0 Å². The number of rotatable bonds is 6. The molecule has 0 bridgehead atoms. The number of carbonyl (C=O) groups excluding carboxylic acids is 1. The fourth-order valence-electron chi connectivity index (χ4n) is 3.71. The molecule has 0 radical (unpaired) electrons. The van der Waals surface area contributed by atoms with Crippen molar-refractivity contribution in [2.24, 2.45) is 11.8 Å². The maximum atomic E-state index is 12.0. The molecule has 1 saturated heterocycles. The van der Waals surface area contributed by atoms with Gasteiger partial charge in [0, 0.05) is 32.8 Å². The van der Waals surface area contributed by atoms with Crippen LogP contribution in [0.5, 0.6) is 0 Å². The highest BCUT2D eigenvalue weighted by Gasteiger charge is 2.25. The number of hydrogen-bond donors (Lipinski definition) is 1. The Bertz CT molecular complexity index is 387. The quantitative estimate of drug-likeness (QED) is 0.767. The number of piperidine rings is 1. The predicted octanol–water partition coefficient (Wildman–Crippen LogP) is 2.60. The lowest BCUT2D eigenvalue weighted by Crippen LogP contribution is -2.46. The number of methoxy groups -OCH3 is 1. The van der Waals surface area contributed by atoms with E-state index in [1.54, 1.807) is 12.7 Å². The number of amides is 1. The smallest absolute Gasteiger partial charge is 0.224 e. The highest BCUT2D eigenvalue weighted by Crippen LogP contribution is 2.29. The average Bonchev–Trinajstić information content (AvgIpc) is 2.52. The van der Waals surface area contributed by atoms with Gasteiger partial charge >= 0.3 is 0 Å². The Kier molecular flexibility index (Phi) is 6.90. The monoisotopic (exact) mass is 308 g/mol. The van der Waals surface area contributed by atoms with Crippen molar-refractivity contribution in [1.29, 1.82) is 0 Å². The number of nitrogens with zero attached hydrogens (tertiary/aromatic N) is 1. The minimum absolute atomic E-state index is 0.236. The minimum Gasteiger partial charge on any atom is -0.384 e. The van der Waals surface area contributed by atoms with E-state index < -0.39 is 0 Å². The molecule has 0 aromatic rings. The first kappa shape index (κ1) is 17.5. The van der Waals surface area contributed by atoms with Crippen molar-refractivity contribution in [3.63, 3.8) is 0 Å². The van der Waals surface area contributed by atoms with Gasteiger partial charge in [0.15, 0.2) is 0 Å². The van der Waals surface area contributed by atoms with E-state index in [4.69, 9.17) is 4.74 Å². The lowest BCUT2D eigenvalue weighted by molar-refractivity contribution is -0.133. The first-order chi connectivity index (χ1) is 10.6. The second-order valence-corrected chi connectivity index (χ2v) is 6.92. The van der Waals surface area contributed by atoms with Crippen LogP contribution in [-0.2, 0) is 9.53 Å². The Morgan fingerprint density at radius 3 is 2.73 bits per heavy atom. The van der Waals surface area contributed by atoms with Crippen molar-refractivity contribution in [3.05, 3.63) is 11.6 Å². The van der Waals surface area contributed by atoms with E-state index in [0.717, 1.165) is 38.4 Å². The first-order valence-electron chi connectivity index (χ1n) is 8.78. The summed E-state index contributed by atoms with van der Waals surface area (Å²) in [7, 11) is 1.64. The zero-order chi connectivity index (χ0) is 15.9. The molecule has 4 heteroatoms. The van der Waals surface area contributed by atoms with Gasteiger partial charge in [-0.2, -0.15) is 0 Å². The Morgan fingerprint density at radius 2 is 2.09 bits per heavy atom. The molecule has 2 atom stereocenters.